The lowest BCUT2D eigenvalue weighted by Crippen LogP contribution is -2.33. The molecule has 27 heavy (non-hydrogen) atoms. The molecule has 1 aliphatic heterocycles. The smallest absolute Gasteiger partial charge is 0.234 e. The topological polar surface area (TPSA) is 58.1 Å². The maximum Gasteiger partial charge on any atom is 0.234 e. The van der Waals surface area contributed by atoms with Gasteiger partial charge in [0.25, 0.3) is 0 Å². The predicted molar refractivity (Wildman–Crippen MR) is 113 cm³/mol. The van der Waals surface area contributed by atoms with Crippen LogP contribution in [0.15, 0.2) is 29.4 Å². The van der Waals surface area contributed by atoms with Crippen molar-refractivity contribution in [2.24, 2.45) is 5.92 Å². The second kappa shape index (κ2) is 8.93. The number of rotatable bonds is 5. The standard InChI is InChI=1S/C20H25ClN4OS/c1-13-6-8-25(9-7-13)18-11-17(21)23-20(24-18)27-12-19(26)22-16-5-4-14(2)15(3)10-16/h4-5,10-11,13H,6-9,12H2,1-3H3,(H,22,26). The molecule has 7 heteroatoms. The van der Waals surface area contributed by atoms with E-state index in [0.717, 1.165) is 48.9 Å². The van der Waals surface area contributed by atoms with E-state index in [9.17, 15) is 4.79 Å². The first-order chi connectivity index (χ1) is 12.9. The van der Waals surface area contributed by atoms with E-state index in [1.165, 1.54) is 17.3 Å². The highest BCUT2D eigenvalue weighted by Gasteiger charge is 2.18. The van der Waals surface area contributed by atoms with E-state index < -0.39 is 0 Å². The van der Waals surface area contributed by atoms with E-state index in [4.69, 9.17) is 11.6 Å². The molecule has 0 unspecified atom stereocenters. The number of halogens is 1. The maximum atomic E-state index is 12.3. The van der Waals surface area contributed by atoms with E-state index in [2.05, 4.69) is 27.1 Å². The summed E-state index contributed by atoms with van der Waals surface area (Å²) < 4.78 is 0. The van der Waals surface area contributed by atoms with Crippen LogP contribution in [0.5, 0.6) is 0 Å². The largest absolute Gasteiger partial charge is 0.356 e. The summed E-state index contributed by atoms with van der Waals surface area (Å²) in [5.74, 6) is 1.75. The Morgan fingerprint density at radius 1 is 1.22 bits per heavy atom. The Morgan fingerprint density at radius 3 is 2.67 bits per heavy atom. The number of nitrogens with zero attached hydrogens (tertiary/aromatic N) is 3. The van der Waals surface area contributed by atoms with Gasteiger partial charge in [0.15, 0.2) is 5.16 Å². The van der Waals surface area contributed by atoms with Crippen molar-refractivity contribution in [3.63, 3.8) is 0 Å². The van der Waals surface area contributed by atoms with Crippen molar-refractivity contribution in [2.45, 2.75) is 38.8 Å². The molecule has 1 N–H and O–H groups in total. The van der Waals surface area contributed by atoms with Crippen molar-refractivity contribution >= 4 is 40.8 Å². The normalized spacial score (nSPS) is 15.0. The number of carbonyl (C=O) groups excluding carboxylic acids is 1. The van der Waals surface area contributed by atoms with Crippen LogP contribution in [0.3, 0.4) is 0 Å². The van der Waals surface area contributed by atoms with Crippen LogP contribution in [0.25, 0.3) is 0 Å². The van der Waals surface area contributed by atoms with E-state index in [1.807, 2.05) is 32.0 Å². The monoisotopic (exact) mass is 404 g/mol. The molecule has 2 heterocycles. The number of nitrogens with one attached hydrogen (secondary N) is 1. The van der Waals surface area contributed by atoms with Crippen molar-refractivity contribution in [1.29, 1.82) is 0 Å². The molecular formula is C20H25ClN4OS. The molecule has 1 saturated heterocycles. The molecule has 1 aliphatic rings. The third-order valence-corrected chi connectivity index (χ3v) is 5.93. The molecule has 3 rings (SSSR count). The van der Waals surface area contributed by atoms with E-state index in [1.54, 1.807) is 6.07 Å². The fourth-order valence-corrected chi connectivity index (χ4v) is 3.88. The zero-order valence-electron chi connectivity index (χ0n) is 16.0. The number of hydrogen-bond acceptors (Lipinski definition) is 5. The van der Waals surface area contributed by atoms with Gasteiger partial charge in [-0.1, -0.05) is 36.4 Å². The second-order valence-corrected chi connectivity index (χ2v) is 8.47. The molecule has 0 bridgehead atoms. The van der Waals surface area contributed by atoms with Gasteiger partial charge in [0.2, 0.25) is 5.91 Å². The molecule has 2 aromatic rings. The number of amides is 1. The number of benzene rings is 1. The minimum Gasteiger partial charge on any atom is -0.356 e. The minimum atomic E-state index is -0.0832. The molecule has 0 saturated carbocycles. The van der Waals surface area contributed by atoms with Gasteiger partial charge in [-0.25, -0.2) is 9.97 Å². The lowest BCUT2D eigenvalue weighted by Gasteiger charge is -2.31. The zero-order chi connectivity index (χ0) is 19.4. The fourth-order valence-electron chi connectivity index (χ4n) is 3.00. The Morgan fingerprint density at radius 2 is 1.96 bits per heavy atom. The Kier molecular flexibility index (Phi) is 6.60. The van der Waals surface area contributed by atoms with Crippen molar-refractivity contribution < 1.29 is 4.79 Å². The van der Waals surface area contributed by atoms with Crippen molar-refractivity contribution in [2.75, 3.05) is 29.1 Å². The molecule has 1 fully saturated rings. The third kappa shape index (κ3) is 5.59. The predicted octanol–water partition coefficient (Wildman–Crippen LogP) is 4.71. The maximum absolute atomic E-state index is 12.3. The summed E-state index contributed by atoms with van der Waals surface area (Å²) in [4.78, 5) is 23.4. The summed E-state index contributed by atoms with van der Waals surface area (Å²) in [6.45, 7) is 8.31. The van der Waals surface area contributed by atoms with Gasteiger partial charge in [-0.2, -0.15) is 0 Å². The highest BCUT2D eigenvalue weighted by Crippen LogP contribution is 2.26. The lowest BCUT2D eigenvalue weighted by atomic mass is 9.99. The number of thioether (sulfide) groups is 1. The summed E-state index contributed by atoms with van der Waals surface area (Å²) in [6, 6.07) is 7.69. The first kappa shape index (κ1) is 20.0. The Bertz CT molecular complexity index is 822. The van der Waals surface area contributed by atoms with Gasteiger partial charge in [-0.15, -0.1) is 0 Å². The summed E-state index contributed by atoms with van der Waals surface area (Å²) in [5, 5.41) is 3.87. The molecule has 5 nitrogen and oxygen atoms in total. The van der Waals surface area contributed by atoms with Gasteiger partial charge < -0.3 is 10.2 Å². The first-order valence-corrected chi connectivity index (χ1v) is 10.6. The molecule has 144 valence electrons. The van der Waals surface area contributed by atoms with Crippen LogP contribution in [0.4, 0.5) is 11.5 Å². The van der Waals surface area contributed by atoms with Crippen LogP contribution in [0.1, 0.15) is 30.9 Å². The fraction of sp³-hybridized carbons (Fsp3) is 0.450. The van der Waals surface area contributed by atoms with Crippen LogP contribution >= 0.6 is 23.4 Å². The summed E-state index contributed by atoms with van der Waals surface area (Å²) in [7, 11) is 0. The molecule has 1 aromatic heterocycles. The van der Waals surface area contributed by atoms with Crippen LogP contribution in [-0.2, 0) is 4.79 Å². The molecule has 0 atom stereocenters. The van der Waals surface area contributed by atoms with Crippen molar-refractivity contribution in [1.82, 2.24) is 9.97 Å². The Balaban J connectivity index is 1.60. The van der Waals surface area contributed by atoms with Gasteiger partial charge in [0, 0.05) is 24.8 Å². The number of anilines is 2. The molecular weight excluding hydrogens is 380 g/mol. The zero-order valence-corrected chi connectivity index (χ0v) is 17.5. The van der Waals surface area contributed by atoms with Gasteiger partial charge in [0.05, 0.1) is 5.75 Å². The Hall–Kier alpha value is -1.79. The quantitative estimate of drug-likeness (QED) is 0.444. The van der Waals surface area contributed by atoms with Gasteiger partial charge in [-0.3, -0.25) is 4.79 Å². The number of carbonyl (C=O) groups is 1. The van der Waals surface area contributed by atoms with Crippen molar-refractivity contribution in [3.05, 3.63) is 40.5 Å². The highest BCUT2D eigenvalue weighted by atomic mass is 35.5. The van der Waals surface area contributed by atoms with Gasteiger partial charge in [-0.05, 0) is 55.9 Å². The van der Waals surface area contributed by atoms with E-state index in [0.29, 0.717) is 10.3 Å². The first-order valence-electron chi connectivity index (χ1n) is 9.20. The number of aryl methyl sites for hydroxylation is 2. The highest BCUT2D eigenvalue weighted by molar-refractivity contribution is 7.99. The van der Waals surface area contributed by atoms with Crippen LogP contribution in [0.2, 0.25) is 5.15 Å². The van der Waals surface area contributed by atoms with Crippen LogP contribution in [-0.4, -0.2) is 34.7 Å². The Labute approximate surface area is 169 Å². The number of hydrogen-bond donors (Lipinski definition) is 1. The van der Waals surface area contributed by atoms with Gasteiger partial charge in [0.1, 0.15) is 11.0 Å². The molecule has 1 aromatic carbocycles. The SMILES string of the molecule is Cc1ccc(NC(=O)CSc2nc(Cl)cc(N3CCC(C)CC3)n2)cc1C. The molecule has 1 amide bonds. The average Bonchev–Trinajstić information content (AvgIpc) is 2.63. The van der Waals surface area contributed by atoms with E-state index in [-0.39, 0.29) is 11.7 Å². The van der Waals surface area contributed by atoms with Gasteiger partial charge >= 0.3 is 0 Å². The average molecular weight is 405 g/mol. The summed E-state index contributed by atoms with van der Waals surface area (Å²) >= 11 is 7.49. The molecule has 0 aliphatic carbocycles. The van der Waals surface area contributed by atoms with Crippen LogP contribution in [0, 0.1) is 19.8 Å². The second-order valence-electron chi connectivity index (χ2n) is 7.14. The van der Waals surface area contributed by atoms with Crippen LogP contribution < -0.4 is 10.2 Å². The third-order valence-electron chi connectivity index (χ3n) is 4.89. The van der Waals surface area contributed by atoms with E-state index >= 15 is 0 Å². The summed E-state index contributed by atoms with van der Waals surface area (Å²) in [5.41, 5.74) is 3.16. The minimum absolute atomic E-state index is 0.0832. The molecule has 0 radical (unpaired) electrons. The van der Waals surface area contributed by atoms with Crippen molar-refractivity contribution in [3.8, 4) is 0 Å². The number of piperidine rings is 1. The molecule has 0 spiro atoms. The number of aromatic nitrogens is 2. The lowest BCUT2D eigenvalue weighted by molar-refractivity contribution is -0.113. The summed E-state index contributed by atoms with van der Waals surface area (Å²) in [6.07, 6.45) is 2.31.